The van der Waals surface area contributed by atoms with E-state index >= 15 is 0 Å². The van der Waals surface area contributed by atoms with E-state index in [0.29, 0.717) is 11.8 Å². The van der Waals surface area contributed by atoms with E-state index in [1.165, 1.54) is 48.1 Å². The molecule has 0 aliphatic heterocycles. The number of H-pyrrole nitrogens is 2. The van der Waals surface area contributed by atoms with Gasteiger partial charge in [0.2, 0.25) is 0 Å². The van der Waals surface area contributed by atoms with Crippen molar-refractivity contribution in [2.24, 2.45) is 0 Å². The van der Waals surface area contributed by atoms with Gasteiger partial charge in [0.05, 0.1) is 16.7 Å². The standard InChI is InChI=1S/C31H30N4S/c1-5-17(4)31-33-25-14-23-22-10-7-19(13-27(22)36-28(23)15-26(25)34-31)18-6-9-21-20(12-18)8-11-24-29(21)35-30(32-24)16(2)3/h6-7,9-10,12-17H,5,8,11H2,1-4H3,(H,32,35)(H,33,34). The molecule has 180 valence electrons. The zero-order valence-corrected chi connectivity index (χ0v) is 22.0. The molecule has 4 nitrogen and oxygen atoms in total. The number of hydrogen-bond acceptors (Lipinski definition) is 3. The molecule has 3 aromatic carbocycles. The molecular weight excluding hydrogens is 460 g/mol. The first-order valence-corrected chi connectivity index (χ1v) is 13.9. The Hall–Kier alpha value is -3.44. The van der Waals surface area contributed by atoms with Gasteiger partial charge in [-0.05, 0) is 54.2 Å². The third kappa shape index (κ3) is 3.33. The van der Waals surface area contributed by atoms with E-state index in [2.05, 4.69) is 86.2 Å². The fraction of sp³-hybridized carbons (Fsp3) is 0.290. The van der Waals surface area contributed by atoms with Crippen LogP contribution >= 0.6 is 11.3 Å². The van der Waals surface area contributed by atoms with Gasteiger partial charge < -0.3 is 9.97 Å². The molecule has 0 saturated carbocycles. The molecule has 3 heterocycles. The Balaban J connectivity index is 1.28. The Morgan fingerprint density at radius 2 is 1.64 bits per heavy atom. The summed E-state index contributed by atoms with van der Waals surface area (Å²) >= 11 is 1.87. The quantitative estimate of drug-likeness (QED) is 0.259. The van der Waals surface area contributed by atoms with Crippen molar-refractivity contribution in [1.82, 2.24) is 19.9 Å². The third-order valence-electron chi connectivity index (χ3n) is 7.85. The number of hydrogen-bond donors (Lipinski definition) is 2. The third-order valence-corrected chi connectivity index (χ3v) is 8.97. The number of fused-ring (bicyclic) bond motifs is 7. The molecule has 0 amide bonds. The first-order chi connectivity index (χ1) is 17.5. The predicted octanol–water partition coefficient (Wildman–Crippen LogP) is 8.72. The van der Waals surface area contributed by atoms with Crippen LogP contribution in [0.5, 0.6) is 0 Å². The average molecular weight is 491 g/mol. The Morgan fingerprint density at radius 3 is 2.47 bits per heavy atom. The maximum atomic E-state index is 4.94. The molecule has 36 heavy (non-hydrogen) atoms. The van der Waals surface area contributed by atoms with Crippen molar-refractivity contribution in [1.29, 1.82) is 0 Å². The van der Waals surface area contributed by atoms with Gasteiger partial charge in [-0.25, -0.2) is 9.97 Å². The van der Waals surface area contributed by atoms with E-state index in [1.807, 2.05) is 11.3 Å². The second-order valence-corrected chi connectivity index (χ2v) is 11.7. The zero-order valence-electron chi connectivity index (χ0n) is 21.2. The van der Waals surface area contributed by atoms with E-state index in [1.54, 1.807) is 0 Å². The first kappa shape index (κ1) is 21.8. The van der Waals surface area contributed by atoms with Crippen LogP contribution in [0.3, 0.4) is 0 Å². The van der Waals surface area contributed by atoms with Gasteiger partial charge in [0.25, 0.3) is 0 Å². The Labute approximate surface area is 214 Å². The van der Waals surface area contributed by atoms with Crippen LogP contribution in [0.4, 0.5) is 0 Å². The largest absolute Gasteiger partial charge is 0.345 e. The summed E-state index contributed by atoms with van der Waals surface area (Å²) in [6, 6.07) is 18.4. The smallest absolute Gasteiger partial charge is 0.110 e. The fourth-order valence-electron chi connectivity index (χ4n) is 5.48. The minimum atomic E-state index is 0.414. The summed E-state index contributed by atoms with van der Waals surface area (Å²) in [4.78, 5) is 16.9. The number of rotatable bonds is 4. The number of benzene rings is 3. The summed E-state index contributed by atoms with van der Waals surface area (Å²) in [5, 5.41) is 2.63. The Morgan fingerprint density at radius 1 is 0.833 bits per heavy atom. The molecule has 3 aromatic heterocycles. The van der Waals surface area contributed by atoms with Gasteiger partial charge in [0.15, 0.2) is 0 Å². The lowest BCUT2D eigenvalue weighted by atomic mass is 9.89. The molecule has 0 radical (unpaired) electrons. The minimum absolute atomic E-state index is 0.414. The van der Waals surface area contributed by atoms with Gasteiger partial charge in [-0.1, -0.05) is 58.0 Å². The van der Waals surface area contributed by atoms with Crippen LogP contribution in [0.15, 0.2) is 48.5 Å². The van der Waals surface area contributed by atoms with Crippen LogP contribution in [-0.2, 0) is 12.8 Å². The van der Waals surface area contributed by atoms with Gasteiger partial charge in [0.1, 0.15) is 11.6 Å². The number of aryl methyl sites for hydroxylation is 2. The number of aromatic nitrogens is 4. The van der Waals surface area contributed by atoms with Gasteiger partial charge in [-0.15, -0.1) is 11.3 Å². The maximum Gasteiger partial charge on any atom is 0.110 e. The maximum absolute atomic E-state index is 4.94. The molecule has 1 aliphatic rings. The Kier molecular flexibility index (Phi) is 4.87. The van der Waals surface area contributed by atoms with Crippen molar-refractivity contribution in [3.8, 4) is 22.4 Å². The summed E-state index contributed by atoms with van der Waals surface area (Å²) in [7, 11) is 0. The van der Waals surface area contributed by atoms with Gasteiger partial charge >= 0.3 is 0 Å². The van der Waals surface area contributed by atoms with Crippen molar-refractivity contribution in [3.63, 3.8) is 0 Å². The predicted molar refractivity (Wildman–Crippen MR) is 152 cm³/mol. The monoisotopic (exact) mass is 490 g/mol. The Bertz CT molecular complexity index is 1780. The van der Waals surface area contributed by atoms with Crippen LogP contribution in [0.1, 0.15) is 68.9 Å². The molecule has 2 N–H and O–H groups in total. The van der Waals surface area contributed by atoms with Crippen molar-refractivity contribution in [2.75, 3.05) is 0 Å². The van der Waals surface area contributed by atoms with Gasteiger partial charge in [-0.3, -0.25) is 0 Å². The molecule has 0 fully saturated rings. The lowest BCUT2D eigenvalue weighted by molar-refractivity contribution is 0.692. The number of imidazole rings is 2. The number of nitrogens with one attached hydrogen (secondary N) is 2. The summed E-state index contributed by atoms with van der Waals surface area (Å²) in [6.45, 7) is 8.83. The normalized spacial score (nSPS) is 14.1. The van der Waals surface area contributed by atoms with Crippen LogP contribution in [0.2, 0.25) is 0 Å². The topological polar surface area (TPSA) is 57.4 Å². The van der Waals surface area contributed by atoms with Crippen LogP contribution in [-0.4, -0.2) is 19.9 Å². The first-order valence-electron chi connectivity index (χ1n) is 13.1. The van der Waals surface area contributed by atoms with Crippen molar-refractivity contribution < 1.29 is 0 Å². The zero-order chi connectivity index (χ0) is 24.6. The van der Waals surface area contributed by atoms with E-state index in [0.717, 1.165) is 47.6 Å². The molecular formula is C31H30N4S. The molecule has 1 atom stereocenters. The number of nitrogens with zero attached hydrogens (tertiary/aromatic N) is 2. The van der Waals surface area contributed by atoms with E-state index < -0.39 is 0 Å². The molecule has 1 unspecified atom stereocenters. The second kappa shape index (κ2) is 8.04. The highest BCUT2D eigenvalue weighted by atomic mass is 32.1. The highest BCUT2D eigenvalue weighted by molar-refractivity contribution is 7.25. The van der Waals surface area contributed by atoms with Crippen LogP contribution in [0, 0.1) is 0 Å². The molecule has 0 saturated heterocycles. The molecule has 0 spiro atoms. The van der Waals surface area contributed by atoms with Gasteiger partial charge in [-0.2, -0.15) is 0 Å². The molecule has 6 aromatic rings. The molecule has 1 aliphatic carbocycles. The fourth-order valence-corrected chi connectivity index (χ4v) is 6.64. The highest BCUT2D eigenvalue weighted by Crippen LogP contribution is 2.40. The minimum Gasteiger partial charge on any atom is -0.345 e. The summed E-state index contributed by atoms with van der Waals surface area (Å²) in [5.41, 5.74) is 9.87. The van der Waals surface area contributed by atoms with E-state index in [9.17, 15) is 0 Å². The number of thiophene rings is 1. The second-order valence-electron chi connectivity index (χ2n) is 10.6. The highest BCUT2D eigenvalue weighted by Gasteiger charge is 2.22. The van der Waals surface area contributed by atoms with Crippen molar-refractivity contribution in [2.45, 2.75) is 58.8 Å². The van der Waals surface area contributed by atoms with Crippen LogP contribution < -0.4 is 0 Å². The van der Waals surface area contributed by atoms with Gasteiger partial charge in [0, 0.05) is 43.3 Å². The van der Waals surface area contributed by atoms with Crippen molar-refractivity contribution in [3.05, 3.63) is 71.4 Å². The average Bonchev–Trinajstić information content (AvgIpc) is 3.60. The summed E-state index contributed by atoms with van der Waals surface area (Å²) in [6.07, 6.45) is 3.17. The summed E-state index contributed by atoms with van der Waals surface area (Å²) in [5.74, 6) is 3.04. The SMILES string of the molecule is CCC(C)c1nc2cc3sc4cc(-c5ccc6c(c5)CCc5[nH]c(C(C)C)nc5-6)ccc4c3cc2[nH]1. The number of aromatic amines is 2. The van der Waals surface area contributed by atoms with E-state index in [4.69, 9.17) is 9.97 Å². The van der Waals surface area contributed by atoms with Crippen LogP contribution in [0.25, 0.3) is 53.6 Å². The van der Waals surface area contributed by atoms with E-state index in [-0.39, 0.29) is 0 Å². The molecule has 0 bridgehead atoms. The lowest BCUT2D eigenvalue weighted by Crippen LogP contribution is -2.03. The van der Waals surface area contributed by atoms with Crippen molar-refractivity contribution >= 4 is 42.5 Å². The lowest BCUT2D eigenvalue weighted by Gasteiger charge is -2.16. The molecule has 7 rings (SSSR count). The summed E-state index contributed by atoms with van der Waals surface area (Å²) < 4.78 is 2.63. The molecule has 5 heteroatoms.